The maximum absolute atomic E-state index is 14.6. The molecule has 2 amide bonds. The third kappa shape index (κ3) is 4.34. The zero-order chi connectivity index (χ0) is 22.2. The predicted octanol–water partition coefficient (Wildman–Crippen LogP) is 2.68. The van der Waals surface area contributed by atoms with Gasteiger partial charge < -0.3 is 15.2 Å². The van der Waals surface area contributed by atoms with Gasteiger partial charge in [-0.3, -0.25) is 14.5 Å². The number of nitrogens with zero attached hydrogens (tertiary/aromatic N) is 3. The molecule has 1 aromatic heterocycles. The SMILES string of the molecule is CNC(=O)[C@@H](NC(=O)c1nc(-c2ccc(Cl)cc2F)n2c1CN(C)CC2)C(C)(C)C. The number of hydrogen-bond acceptors (Lipinski definition) is 4. The van der Waals surface area contributed by atoms with E-state index in [9.17, 15) is 14.0 Å². The summed E-state index contributed by atoms with van der Waals surface area (Å²) in [5.74, 6) is -0.869. The summed E-state index contributed by atoms with van der Waals surface area (Å²) in [7, 11) is 3.48. The van der Waals surface area contributed by atoms with Crippen LogP contribution in [0, 0.1) is 11.2 Å². The summed E-state index contributed by atoms with van der Waals surface area (Å²) >= 11 is 5.89. The molecule has 0 saturated carbocycles. The molecule has 0 unspecified atom stereocenters. The Labute approximate surface area is 180 Å². The molecular formula is C21H27ClFN5O2. The highest BCUT2D eigenvalue weighted by Crippen LogP contribution is 2.30. The maximum atomic E-state index is 14.6. The number of hydrogen-bond donors (Lipinski definition) is 2. The Kier molecular flexibility index (Phi) is 6.19. The van der Waals surface area contributed by atoms with Gasteiger partial charge in [0, 0.05) is 31.7 Å². The normalized spacial score (nSPS) is 15.4. The van der Waals surface area contributed by atoms with Crippen LogP contribution in [-0.4, -0.2) is 52.9 Å². The lowest BCUT2D eigenvalue weighted by Gasteiger charge is -2.30. The van der Waals surface area contributed by atoms with E-state index in [0.717, 1.165) is 6.54 Å². The van der Waals surface area contributed by atoms with E-state index in [-0.39, 0.29) is 22.2 Å². The van der Waals surface area contributed by atoms with Gasteiger partial charge in [-0.15, -0.1) is 0 Å². The number of nitrogens with one attached hydrogen (secondary N) is 2. The van der Waals surface area contributed by atoms with Gasteiger partial charge in [0.05, 0.1) is 11.3 Å². The average molecular weight is 436 g/mol. The van der Waals surface area contributed by atoms with E-state index in [2.05, 4.69) is 20.5 Å². The van der Waals surface area contributed by atoms with Gasteiger partial charge in [-0.25, -0.2) is 9.37 Å². The van der Waals surface area contributed by atoms with Crippen molar-refractivity contribution in [2.45, 2.75) is 39.9 Å². The molecule has 1 aromatic carbocycles. The number of rotatable bonds is 4. The van der Waals surface area contributed by atoms with E-state index >= 15 is 0 Å². The first-order valence-corrected chi connectivity index (χ1v) is 10.2. The van der Waals surface area contributed by atoms with Gasteiger partial charge in [-0.05, 0) is 30.7 Å². The molecule has 2 heterocycles. The Morgan fingerprint density at radius 1 is 1.27 bits per heavy atom. The van der Waals surface area contributed by atoms with Crippen LogP contribution in [0.15, 0.2) is 18.2 Å². The summed E-state index contributed by atoms with van der Waals surface area (Å²) < 4.78 is 16.5. The second kappa shape index (κ2) is 8.35. The Morgan fingerprint density at radius 2 is 1.97 bits per heavy atom. The smallest absolute Gasteiger partial charge is 0.272 e. The summed E-state index contributed by atoms with van der Waals surface area (Å²) in [5, 5.41) is 5.70. The molecule has 0 aliphatic carbocycles. The minimum Gasteiger partial charge on any atom is -0.357 e. The van der Waals surface area contributed by atoms with Gasteiger partial charge in [-0.1, -0.05) is 32.4 Å². The highest BCUT2D eigenvalue weighted by molar-refractivity contribution is 6.30. The topological polar surface area (TPSA) is 79.3 Å². The lowest BCUT2D eigenvalue weighted by molar-refractivity contribution is -0.124. The summed E-state index contributed by atoms with van der Waals surface area (Å²) in [5.41, 5.74) is 0.666. The van der Waals surface area contributed by atoms with Crippen LogP contribution in [0.5, 0.6) is 0 Å². The number of carbonyl (C=O) groups is 2. The molecule has 7 nitrogen and oxygen atoms in total. The first-order chi connectivity index (χ1) is 14.0. The molecule has 1 aliphatic heterocycles. The largest absolute Gasteiger partial charge is 0.357 e. The standard InChI is InChI=1S/C21H27ClFN5O2/c1-21(2,3)17(20(30)24-4)26-19(29)16-15-11-27(5)8-9-28(15)18(25-16)13-7-6-12(22)10-14(13)23/h6-7,10,17H,8-9,11H2,1-5H3,(H,24,30)(H,26,29)/t17-/m1/s1. The minimum absolute atomic E-state index is 0.198. The van der Waals surface area contributed by atoms with Crippen LogP contribution in [0.4, 0.5) is 4.39 Å². The first kappa shape index (κ1) is 22.2. The number of likely N-dealkylation sites (N-methyl/N-ethyl adjacent to an activating group) is 2. The molecule has 9 heteroatoms. The number of halogens is 2. The molecule has 0 radical (unpaired) electrons. The molecule has 0 saturated heterocycles. The van der Waals surface area contributed by atoms with Crippen LogP contribution in [0.1, 0.15) is 37.0 Å². The highest BCUT2D eigenvalue weighted by atomic mass is 35.5. The fraction of sp³-hybridized carbons (Fsp3) is 0.476. The fourth-order valence-corrected chi connectivity index (χ4v) is 3.73. The van der Waals surface area contributed by atoms with Gasteiger partial charge in [0.1, 0.15) is 17.7 Å². The molecule has 2 aromatic rings. The number of amides is 2. The van der Waals surface area contributed by atoms with E-state index in [1.165, 1.54) is 13.1 Å². The van der Waals surface area contributed by atoms with Gasteiger partial charge in [0.2, 0.25) is 5.91 Å². The lowest BCUT2D eigenvalue weighted by Crippen LogP contribution is -2.53. The number of aromatic nitrogens is 2. The highest BCUT2D eigenvalue weighted by Gasteiger charge is 2.35. The van der Waals surface area contributed by atoms with Crippen molar-refractivity contribution in [3.63, 3.8) is 0 Å². The van der Waals surface area contributed by atoms with Crippen molar-refractivity contribution in [1.82, 2.24) is 25.1 Å². The van der Waals surface area contributed by atoms with E-state index in [0.29, 0.717) is 24.6 Å². The Morgan fingerprint density at radius 3 is 2.57 bits per heavy atom. The van der Waals surface area contributed by atoms with E-state index in [1.54, 1.807) is 12.1 Å². The summed E-state index contributed by atoms with van der Waals surface area (Å²) in [6.07, 6.45) is 0. The van der Waals surface area contributed by atoms with E-state index in [1.807, 2.05) is 32.4 Å². The maximum Gasteiger partial charge on any atom is 0.272 e. The molecule has 0 spiro atoms. The molecule has 162 valence electrons. The summed E-state index contributed by atoms with van der Waals surface area (Å²) in [6, 6.07) is 3.64. The second-order valence-corrected chi connectivity index (χ2v) is 9.07. The lowest BCUT2D eigenvalue weighted by atomic mass is 9.86. The Bertz CT molecular complexity index is 983. The Balaban J connectivity index is 2.05. The average Bonchev–Trinajstić information content (AvgIpc) is 3.03. The van der Waals surface area contributed by atoms with Crippen molar-refractivity contribution in [1.29, 1.82) is 0 Å². The number of fused-ring (bicyclic) bond motifs is 1. The number of carbonyl (C=O) groups excluding carboxylic acids is 2. The quantitative estimate of drug-likeness (QED) is 0.773. The predicted molar refractivity (Wildman–Crippen MR) is 114 cm³/mol. The van der Waals surface area contributed by atoms with Crippen molar-refractivity contribution in [2.75, 3.05) is 20.6 Å². The molecule has 2 N–H and O–H groups in total. The fourth-order valence-electron chi connectivity index (χ4n) is 3.57. The third-order valence-electron chi connectivity index (χ3n) is 5.23. The summed E-state index contributed by atoms with van der Waals surface area (Å²) in [4.78, 5) is 32.1. The number of imidazole rings is 1. The summed E-state index contributed by atoms with van der Waals surface area (Å²) in [6.45, 7) is 7.43. The van der Waals surface area contributed by atoms with E-state index in [4.69, 9.17) is 11.6 Å². The molecule has 1 aliphatic rings. The van der Waals surface area contributed by atoms with Gasteiger partial charge in [0.25, 0.3) is 5.91 Å². The van der Waals surface area contributed by atoms with Crippen molar-refractivity contribution in [2.24, 2.45) is 5.41 Å². The van der Waals surface area contributed by atoms with Gasteiger partial charge in [-0.2, -0.15) is 0 Å². The van der Waals surface area contributed by atoms with Crippen molar-refractivity contribution >= 4 is 23.4 Å². The van der Waals surface area contributed by atoms with E-state index < -0.39 is 23.2 Å². The van der Waals surface area contributed by atoms with Crippen LogP contribution in [0.2, 0.25) is 5.02 Å². The Hall–Kier alpha value is -2.45. The molecular weight excluding hydrogens is 409 g/mol. The van der Waals surface area contributed by atoms with Crippen LogP contribution >= 0.6 is 11.6 Å². The van der Waals surface area contributed by atoms with Crippen molar-refractivity contribution in [3.8, 4) is 11.4 Å². The monoisotopic (exact) mass is 435 g/mol. The van der Waals surface area contributed by atoms with Crippen LogP contribution in [0.25, 0.3) is 11.4 Å². The minimum atomic E-state index is -0.746. The van der Waals surface area contributed by atoms with Crippen LogP contribution in [0.3, 0.4) is 0 Å². The van der Waals surface area contributed by atoms with Crippen molar-refractivity contribution < 1.29 is 14.0 Å². The third-order valence-corrected chi connectivity index (χ3v) is 5.47. The van der Waals surface area contributed by atoms with Crippen LogP contribution < -0.4 is 10.6 Å². The molecule has 1 atom stereocenters. The molecule has 0 bridgehead atoms. The van der Waals surface area contributed by atoms with Gasteiger partial charge >= 0.3 is 0 Å². The van der Waals surface area contributed by atoms with Gasteiger partial charge in [0.15, 0.2) is 5.69 Å². The second-order valence-electron chi connectivity index (χ2n) is 8.63. The molecule has 30 heavy (non-hydrogen) atoms. The molecule has 3 rings (SSSR count). The first-order valence-electron chi connectivity index (χ1n) is 9.78. The number of benzene rings is 1. The van der Waals surface area contributed by atoms with Crippen molar-refractivity contribution in [3.05, 3.63) is 40.4 Å². The molecule has 0 fully saturated rings. The zero-order valence-electron chi connectivity index (χ0n) is 17.8. The van der Waals surface area contributed by atoms with Crippen LogP contribution in [-0.2, 0) is 17.9 Å². The zero-order valence-corrected chi connectivity index (χ0v) is 18.6.